The summed E-state index contributed by atoms with van der Waals surface area (Å²) in [6.07, 6.45) is -2.29. The lowest BCUT2D eigenvalue weighted by atomic mass is 10.2. The molecule has 0 amide bonds. The van der Waals surface area contributed by atoms with Crippen molar-refractivity contribution in [3.05, 3.63) is 75.8 Å². The van der Waals surface area contributed by atoms with Crippen molar-refractivity contribution in [3.63, 3.8) is 0 Å². The molecule has 0 aliphatic carbocycles. The van der Waals surface area contributed by atoms with Gasteiger partial charge in [-0.25, -0.2) is 14.7 Å². The van der Waals surface area contributed by atoms with Gasteiger partial charge in [-0.3, -0.25) is 9.89 Å². The van der Waals surface area contributed by atoms with Gasteiger partial charge in [0.2, 0.25) is 0 Å². The minimum atomic E-state index is -4.72. The van der Waals surface area contributed by atoms with E-state index in [0.717, 1.165) is 16.5 Å². The molecule has 0 bridgehead atoms. The van der Waals surface area contributed by atoms with E-state index in [4.69, 9.17) is 0 Å². The highest BCUT2D eigenvalue weighted by atomic mass is 19.4. The van der Waals surface area contributed by atoms with Gasteiger partial charge in [0.1, 0.15) is 0 Å². The molecule has 3 aromatic rings. The molecular weight excluding hydrogens is 333 g/mol. The number of aryl methyl sites for hydroxylation is 1. The van der Waals surface area contributed by atoms with Gasteiger partial charge in [-0.2, -0.15) is 13.2 Å². The highest BCUT2D eigenvalue weighted by molar-refractivity contribution is 5.83. The molecule has 0 saturated heterocycles. The van der Waals surface area contributed by atoms with E-state index in [1.54, 1.807) is 30.3 Å². The molecule has 0 fully saturated rings. The molecule has 3 rings (SSSR count). The van der Waals surface area contributed by atoms with E-state index in [-0.39, 0.29) is 5.82 Å². The largest absolute Gasteiger partial charge is 0.433 e. The quantitative estimate of drug-likeness (QED) is 0.736. The number of halogens is 3. The van der Waals surface area contributed by atoms with E-state index >= 15 is 0 Å². The van der Waals surface area contributed by atoms with Crippen LogP contribution in [0.1, 0.15) is 16.8 Å². The summed E-state index contributed by atoms with van der Waals surface area (Å²) in [5.74, 6) is 0.214. The Bertz CT molecular complexity index is 954. The summed E-state index contributed by atoms with van der Waals surface area (Å²) in [6.45, 7) is 1.83. The number of hydrogen-bond acceptors (Lipinski definition) is 3. The number of para-hydroxylation sites is 1. The maximum absolute atomic E-state index is 13.3. The van der Waals surface area contributed by atoms with Crippen molar-refractivity contribution >= 4 is 12.0 Å². The van der Waals surface area contributed by atoms with Crippen molar-refractivity contribution in [2.45, 2.75) is 13.1 Å². The highest BCUT2D eigenvalue weighted by Crippen LogP contribution is 2.29. The van der Waals surface area contributed by atoms with E-state index in [2.05, 4.69) is 15.1 Å². The second-order valence-corrected chi connectivity index (χ2v) is 5.33. The summed E-state index contributed by atoms with van der Waals surface area (Å²) in [5.41, 5.74) is -1.38. The number of aromatic amines is 1. The number of rotatable bonds is 3. The SMILES string of the molecule is Cc1ccc(N=Cc2c(C(F)(F)F)[nH]n(-c3ccccc3)c2=O)nc1. The molecule has 0 spiro atoms. The van der Waals surface area contributed by atoms with Gasteiger partial charge in [0.15, 0.2) is 11.5 Å². The third-order valence-electron chi connectivity index (χ3n) is 3.45. The normalized spacial score (nSPS) is 12.0. The summed E-state index contributed by atoms with van der Waals surface area (Å²) < 4.78 is 40.7. The first-order chi connectivity index (χ1) is 11.9. The molecule has 0 saturated carbocycles. The van der Waals surface area contributed by atoms with Gasteiger partial charge in [0, 0.05) is 12.4 Å². The van der Waals surface area contributed by atoms with Crippen molar-refractivity contribution in [2.75, 3.05) is 0 Å². The average Bonchev–Trinajstić information content (AvgIpc) is 2.92. The first-order valence-electron chi connectivity index (χ1n) is 7.30. The Morgan fingerprint density at radius 3 is 2.48 bits per heavy atom. The molecular formula is C17H13F3N4O. The lowest BCUT2D eigenvalue weighted by Gasteiger charge is -2.04. The fourth-order valence-electron chi connectivity index (χ4n) is 2.21. The summed E-state index contributed by atoms with van der Waals surface area (Å²) in [4.78, 5) is 20.3. The number of benzene rings is 1. The van der Waals surface area contributed by atoms with Crippen molar-refractivity contribution < 1.29 is 13.2 Å². The second-order valence-electron chi connectivity index (χ2n) is 5.33. The van der Waals surface area contributed by atoms with Crippen LogP contribution in [0.4, 0.5) is 19.0 Å². The third-order valence-corrected chi connectivity index (χ3v) is 3.45. The monoisotopic (exact) mass is 346 g/mol. The van der Waals surface area contributed by atoms with E-state index in [1.165, 1.54) is 18.3 Å². The minimum Gasteiger partial charge on any atom is -0.286 e. The molecule has 1 N–H and O–H groups in total. The Hall–Kier alpha value is -3.16. The number of nitrogens with zero attached hydrogens (tertiary/aromatic N) is 3. The van der Waals surface area contributed by atoms with Gasteiger partial charge in [-0.05, 0) is 30.7 Å². The number of hydrogen-bond donors (Lipinski definition) is 1. The van der Waals surface area contributed by atoms with Gasteiger partial charge in [0.25, 0.3) is 5.56 Å². The van der Waals surface area contributed by atoms with Crippen LogP contribution in [0.5, 0.6) is 0 Å². The second kappa shape index (κ2) is 6.39. The van der Waals surface area contributed by atoms with Crippen molar-refractivity contribution in [3.8, 4) is 5.69 Å². The molecule has 0 atom stereocenters. The molecule has 5 nitrogen and oxygen atoms in total. The van der Waals surface area contributed by atoms with Gasteiger partial charge in [0.05, 0.1) is 11.3 Å². The van der Waals surface area contributed by atoms with E-state index in [1.807, 2.05) is 6.92 Å². The first kappa shape index (κ1) is 16.7. The van der Waals surface area contributed by atoms with E-state index in [9.17, 15) is 18.0 Å². The third kappa shape index (κ3) is 3.52. The minimum absolute atomic E-state index is 0.214. The number of nitrogens with one attached hydrogen (secondary N) is 1. The number of alkyl halides is 3. The molecule has 8 heteroatoms. The van der Waals surface area contributed by atoms with Crippen LogP contribution in [0.15, 0.2) is 58.4 Å². The number of aliphatic imine (C=N–C) groups is 1. The topological polar surface area (TPSA) is 63.0 Å². The Morgan fingerprint density at radius 2 is 1.88 bits per heavy atom. The molecule has 2 aromatic heterocycles. The van der Waals surface area contributed by atoms with Crippen molar-refractivity contribution in [1.82, 2.24) is 14.8 Å². The number of aromatic nitrogens is 3. The Morgan fingerprint density at radius 1 is 1.16 bits per heavy atom. The molecule has 0 aliphatic rings. The Labute approximate surface area is 140 Å². The van der Waals surface area contributed by atoms with Gasteiger partial charge < -0.3 is 0 Å². The average molecular weight is 346 g/mol. The summed E-state index contributed by atoms with van der Waals surface area (Å²) in [7, 11) is 0. The van der Waals surface area contributed by atoms with Crippen LogP contribution in [-0.2, 0) is 6.18 Å². The molecule has 128 valence electrons. The lowest BCUT2D eigenvalue weighted by Crippen LogP contribution is -2.17. The van der Waals surface area contributed by atoms with Crippen LogP contribution in [0.25, 0.3) is 5.69 Å². The zero-order valence-corrected chi connectivity index (χ0v) is 13.1. The van der Waals surface area contributed by atoms with Crippen molar-refractivity contribution in [1.29, 1.82) is 0 Å². The van der Waals surface area contributed by atoms with Crippen LogP contribution in [-0.4, -0.2) is 21.0 Å². The lowest BCUT2D eigenvalue weighted by molar-refractivity contribution is -0.141. The van der Waals surface area contributed by atoms with E-state index in [0.29, 0.717) is 5.69 Å². The zero-order valence-electron chi connectivity index (χ0n) is 13.1. The van der Waals surface area contributed by atoms with Crippen LogP contribution in [0.3, 0.4) is 0 Å². The van der Waals surface area contributed by atoms with Crippen LogP contribution in [0.2, 0.25) is 0 Å². The molecule has 0 aliphatic heterocycles. The van der Waals surface area contributed by atoms with Crippen LogP contribution >= 0.6 is 0 Å². The fraction of sp³-hybridized carbons (Fsp3) is 0.118. The van der Waals surface area contributed by atoms with E-state index < -0.39 is 23.0 Å². The first-order valence-corrected chi connectivity index (χ1v) is 7.30. The van der Waals surface area contributed by atoms with Gasteiger partial charge >= 0.3 is 6.18 Å². The smallest absolute Gasteiger partial charge is 0.286 e. The summed E-state index contributed by atoms with van der Waals surface area (Å²) in [5, 5.41) is 2.12. The number of H-pyrrole nitrogens is 1. The summed E-state index contributed by atoms with van der Waals surface area (Å²) in [6, 6.07) is 11.3. The Balaban J connectivity index is 2.10. The number of pyridine rings is 1. The summed E-state index contributed by atoms with van der Waals surface area (Å²) >= 11 is 0. The molecule has 1 aromatic carbocycles. The highest BCUT2D eigenvalue weighted by Gasteiger charge is 2.37. The van der Waals surface area contributed by atoms with Crippen molar-refractivity contribution in [2.24, 2.45) is 4.99 Å². The molecule has 25 heavy (non-hydrogen) atoms. The standard InChI is InChI=1S/C17H13F3N4O/c1-11-7-8-14(21-9-11)22-10-13-15(17(18,19)20)23-24(16(13)25)12-5-3-2-4-6-12/h2-10,23H,1H3. The van der Waals surface area contributed by atoms with Crippen LogP contribution in [0, 0.1) is 6.92 Å². The molecule has 0 unspecified atom stereocenters. The van der Waals surface area contributed by atoms with Gasteiger partial charge in [-0.1, -0.05) is 24.3 Å². The Kier molecular flexibility index (Phi) is 4.26. The predicted octanol–water partition coefficient (Wildman–Crippen LogP) is 3.64. The predicted molar refractivity (Wildman–Crippen MR) is 87.6 cm³/mol. The fourth-order valence-corrected chi connectivity index (χ4v) is 2.21. The molecule has 2 heterocycles. The van der Waals surface area contributed by atoms with Gasteiger partial charge in [-0.15, -0.1) is 0 Å². The zero-order chi connectivity index (χ0) is 18.0. The maximum atomic E-state index is 13.3. The maximum Gasteiger partial charge on any atom is 0.433 e. The molecule has 0 radical (unpaired) electrons. The van der Waals surface area contributed by atoms with Crippen LogP contribution < -0.4 is 5.56 Å².